The van der Waals surface area contributed by atoms with Gasteiger partial charge in [-0.05, 0) is 26.0 Å². The van der Waals surface area contributed by atoms with E-state index in [1.807, 2.05) is 32.0 Å². The highest BCUT2D eigenvalue weighted by atomic mass is 17.2. The Hall–Kier alpha value is -1.26. The lowest BCUT2D eigenvalue weighted by molar-refractivity contribution is -0.320. The maximum Gasteiger partial charge on any atom is 0.128 e. The van der Waals surface area contributed by atoms with Crippen LogP contribution in [0.4, 0.5) is 0 Å². The molecule has 17 heavy (non-hydrogen) atoms. The zero-order valence-electron chi connectivity index (χ0n) is 10.6. The molecule has 0 aromatic heterocycles. The normalized spacial score (nSPS) is 22.5. The van der Waals surface area contributed by atoms with Crippen molar-refractivity contribution in [3.63, 3.8) is 0 Å². The molecule has 1 aliphatic rings. The van der Waals surface area contributed by atoms with Gasteiger partial charge in [-0.1, -0.05) is 0 Å². The van der Waals surface area contributed by atoms with Crippen LogP contribution in [-0.2, 0) is 9.78 Å². The fraction of sp³-hybridized carbons (Fsp3) is 0.538. The Morgan fingerprint density at radius 2 is 2.00 bits per heavy atom. The summed E-state index contributed by atoms with van der Waals surface area (Å²) in [6, 6.07) is 5.70. The predicted octanol–water partition coefficient (Wildman–Crippen LogP) is 2.88. The lowest BCUT2D eigenvalue weighted by Gasteiger charge is -2.14. The van der Waals surface area contributed by atoms with E-state index < -0.39 is 0 Å². The van der Waals surface area contributed by atoms with Crippen molar-refractivity contribution < 1.29 is 19.2 Å². The van der Waals surface area contributed by atoms with Crippen LogP contribution in [0.2, 0.25) is 0 Å². The smallest absolute Gasteiger partial charge is 0.128 e. The SMILES string of the molecule is COc1ccc([C@@H]2CC(C)(C)OO2)c(OC)c1. The van der Waals surface area contributed by atoms with E-state index in [-0.39, 0.29) is 11.7 Å². The first-order chi connectivity index (χ1) is 8.05. The topological polar surface area (TPSA) is 36.9 Å². The van der Waals surface area contributed by atoms with Crippen molar-refractivity contribution in [3.05, 3.63) is 23.8 Å². The molecule has 1 fully saturated rings. The standard InChI is InChI=1S/C13H18O4/c1-13(2)8-12(16-17-13)10-6-5-9(14-3)7-11(10)15-4/h5-7,12H,8H2,1-4H3/t12-/m0/s1. The molecule has 1 heterocycles. The first kappa shape index (κ1) is 12.2. The van der Waals surface area contributed by atoms with Gasteiger partial charge < -0.3 is 9.47 Å². The van der Waals surface area contributed by atoms with Crippen molar-refractivity contribution in [3.8, 4) is 11.5 Å². The predicted molar refractivity (Wildman–Crippen MR) is 63.2 cm³/mol. The zero-order valence-corrected chi connectivity index (χ0v) is 10.6. The van der Waals surface area contributed by atoms with E-state index in [9.17, 15) is 0 Å². The van der Waals surface area contributed by atoms with Gasteiger partial charge in [0.2, 0.25) is 0 Å². The van der Waals surface area contributed by atoms with E-state index in [0.717, 1.165) is 23.5 Å². The third-order valence-electron chi connectivity index (χ3n) is 2.85. The number of hydrogen-bond donors (Lipinski definition) is 0. The van der Waals surface area contributed by atoms with Crippen LogP contribution in [0.15, 0.2) is 18.2 Å². The molecular weight excluding hydrogens is 220 g/mol. The summed E-state index contributed by atoms with van der Waals surface area (Å²) in [6.45, 7) is 4.01. The third-order valence-corrected chi connectivity index (χ3v) is 2.85. The van der Waals surface area contributed by atoms with Gasteiger partial charge in [0.1, 0.15) is 23.2 Å². The molecule has 1 aromatic carbocycles. The second kappa shape index (κ2) is 4.55. The summed E-state index contributed by atoms with van der Waals surface area (Å²) in [6.07, 6.45) is 0.709. The Labute approximate surface area is 101 Å². The van der Waals surface area contributed by atoms with Crippen LogP contribution in [0.3, 0.4) is 0 Å². The summed E-state index contributed by atoms with van der Waals surface area (Å²) in [5, 5.41) is 0. The van der Waals surface area contributed by atoms with Gasteiger partial charge in [-0.2, -0.15) is 0 Å². The quantitative estimate of drug-likeness (QED) is 0.759. The summed E-state index contributed by atoms with van der Waals surface area (Å²) in [5.74, 6) is 1.53. The molecule has 2 rings (SSSR count). The number of rotatable bonds is 3. The molecule has 0 N–H and O–H groups in total. The lowest BCUT2D eigenvalue weighted by atomic mass is 9.96. The van der Waals surface area contributed by atoms with Crippen molar-refractivity contribution in [2.75, 3.05) is 14.2 Å². The van der Waals surface area contributed by atoms with Gasteiger partial charge in [-0.25, -0.2) is 9.78 Å². The molecule has 0 bridgehead atoms. The average Bonchev–Trinajstić information content (AvgIpc) is 2.68. The number of benzene rings is 1. The van der Waals surface area contributed by atoms with E-state index in [2.05, 4.69) is 0 Å². The lowest BCUT2D eigenvalue weighted by Crippen LogP contribution is -2.16. The number of hydrogen-bond acceptors (Lipinski definition) is 4. The van der Waals surface area contributed by atoms with Crippen LogP contribution in [0.1, 0.15) is 31.9 Å². The highest BCUT2D eigenvalue weighted by Crippen LogP contribution is 2.41. The second-order valence-electron chi connectivity index (χ2n) is 4.74. The summed E-state index contributed by atoms with van der Waals surface area (Å²) in [5.41, 5.74) is 0.731. The molecule has 0 aliphatic carbocycles. The van der Waals surface area contributed by atoms with Crippen LogP contribution in [0.25, 0.3) is 0 Å². The fourth-order valence-electron chi connectivity index (χ4n) is 1.95. The van der Waals surface area contributed by atoms with Crippen LogP contribution < -0.4 is 9.47 Å². The van der Waals surface area contributed by atoms with Crippen molar-refractivity contribution in [2.45, 2.75) is 32.0 Å². The van der Waals surface area contributed by atoms with Crippen LogP contribution in [0, 0.1) is 0 Å². The summed E-state index contributed by atoms with van der Waals surface area (Å²) in [4.78, 5) is 10.6. The largest absolute Gasteiger partial charge is 0.497 e. The maximum absolute atomic E-state index is 5.35. The Bertz CT molecular complexity index is 400. The molecular formula is C13H18O4. The van der Waals surface area contributed by atoms with E-state index in [0.29, 0.717) is 0 Å². The maximum atomic E-state index is 5.35. The molecule has 4 heteroatoms. The Kier molecular flexibility index (Phi) is 3.26. The summed E-state index contributed by atoms with van der Waals surface area (Å²) < 4.78 is 10.5. The Morgan fingerprint density at radius 3 is 2.53 bits per heavy atom. The van der Waals surface area contributed by atoms with Crippen LogP contribution in [0.5, 0.6) is 11.5 Å². The molecule has 4 nitrogen and oxygen atoms in total. The molecule has 94 valence electrons. The van der Waals surface area contributed by atoms with Gasteiger partial charge in [0, 0.05) is 18.1 Å². The van der Waals surface area contributed by atoms with Crippen molar-refractivity contribution in [1.82, 2.24) is 0 Å². The molecule has 0 saturated carbocycles. The van der Waals surface area contributed by atoms with Crippen molar-refractivity contribution >= 4 is 0 Å². The molecule has 1 saturated heterocycles. The van der Waals surface area contributed by atoms with Crippen molar-refractivity contribution in [1.29, 1.82) is 0 Å². The molecule has 0 unspecified atom stereocenters. The Balaban J connectivity index is 2.26. The molecule has 1 aromatic rings. The first-order valence-electron chi connectivity index (χ1n) is 5.62. The summed E-state index contributed by atoms with van der Waals surface area (Å²) in [7, 11) is 3.27. The van der Waals surface area contributed by atoms with Gasteiger partial charge in [-0.15, -0.1) is 0 Å². The van der Waals surface area contributed by atoms with Gasteiger partial charge in [0.25, 0.3) is 0 Å². The molecule has 0 radical (unpaired) electrons. The minimum Gasteiger partial charge on any atom is -0.497 e. The average molecular weight is 238 g/mol. The molecule has 1 aliphatic heterocycles. The van der Waals surface area contributed by atoms with Crippen LogP contribution in [-0.4, -0.2) is 19.8 Å². The monoisotopic (exact) mass is 238 g/mol. The Morgan fingerprint density at radius 1 is 1.24 bits per heavy atom. The molecule has 0 spiro atoms. The molecule has 0 amide bonds. The second-order valence-corrected chi connectivity index (χ2v) is 4.74. The van der Waals surface area contributed by atoms with Gasteiger partial charge >= 0.3 is 0 Å². The highest BCUT2D eigenvalue weighted by Gasteiger charge is 2.36. The van der Waals surface area contributed by atoms with Gasteiger partial charge in [0.15, 0.2) is 0 Å². The number of methoxy groups -OCH3 is 2. The minimum absolute atomic E-state index is 0.0918. The van der Waals surface area contributed by atoms with Gasteiger partial charge in [-0.3, -0.25) is 0 Å². The van der Waals surface area contributed by atoms with E-state index in [4.69, 9.17) is 19.2 Å². The zero-order chi connectivity index (χ0) is 12.5. The fourth-order valence-corrected chi connectivity index (χ4v) is 1.95. The van der Waals surface area contributed by atoms with E-state index in [1.54, 1.807) is 14.2 Å². The highest BCUT2D eigenvalue weighted by molar-refractivity contribution is 5.42. The number of ether oxygens (including phenoxy) is 2. The third kappa shape index (κ3) is 2.53. The van der Waals surface area contributed by atoms with E-state index in [1.165, 1.54) is 0 Å². The summed E-state index contributed by atoms with van der Waals surface area (Å²) >= 11 is 0. The van der Waals surface area contributed by atoms with Crippen molar-refractivity contribution in [2.24, 2.45) is 0 Å². The van der Waals surface area contributed by atoms with Gasteiger partial charge in [0.05, 0.1) is 14.2 Å². The first-order valence-corrected chi connectivity index (χ1v) is 5.62. The van der Waals surface area contributed by atoms with Crippen LogP contribution >= 0.6 is 0 Å². The minimum atomic E-state index is -0.254. The van der Waals surface area contributed by atoms with E-state index >= 15 is 0 Å². The molecule has 1 atom stereocenters.